The van der Waals surface area contributed by atoms with Crippen LogP contribution in [-0.4, -0.2) is 29.4 Å². The highest BCUT2D eigenvalue weighted by Crippen LogP contribution is 1.79. The van der Waals surface area contributed by atoms with Crippen molar-refractivity contribution < 1.29 is 4.79 Å². The van der Waals surface area contributed by atoms with Crippen LogP contribution < -0.4 is 5.73 Å². The zero-order chi connectivity index (χ0) is 7.28. The lowest BCUT2D eigenvalue weighted by Gasteiger charge is -2.11. The standard InChI is InChI=1S/C5H10N2OS/c1-2-7(4-8)3-5(6)9/h4H,2-3H2,1H3,(H2,6,9). The quantitative estimate of drug-likeness (QED) is 0.439. The van der Waals surface area contributed by atoms with Gasteiger partial charge in [0.1, 0.15) is 0 Å². The summed E-state index contributed by atoms with van der Waals surface area (Å²) in [5, 5.41) is 0. The van der Waals surface area contributed by atoms with Crippen LogP contribution in [0.25, 0.3) is 0 Å². The first kappa shape index (κ1) is 8.36. The summed E-state index contributed by atoms with van der Waals surface area (Å²) in [7, 11) is 0. The van der Waals surface area contributed by atoms with E-state index in [0.29, 0.717) is 18.1 Å². The molecule has 0 saturated carbocycles. The van der Waals surface area contributed by atoms with Crippen LogP contribution in [0.4, 0.5) is 0 Å². The summed E-state index contributed by atoms with van der Waals surface area (Å²) in [6.07, 6.45) is 0.735. The van der Waals surface area contributed by atoms with Crippen molar-refractivity contribution >= 4 is 23.6 Å². The molecule has 0 fully saturated rings. The molecule has 9 heavy (non-hydrogen) atoms. The summed E-state index contributed by atoms with van der Waals surface area (Å²) in [5.74, 6) is 0. The highest BCUT2D eigenvalue weighted by Gasteiger charge is 1.96. The number of nitrogens with two attached hydrogens (primary N) is 1. The third kappa shape index (κ3) is 3.90. The van der Waals surface area contributed by atoms with Gasteiger partial charge in [0.25, 0.3) is 0 Å². The molecule has 0 bridgehead atoms. The van der Waals surface area contributed by atoms with Gasteiger partial charge < -0.3 is 10.6 Å². The van der Waals surface area contributed by atoms with Crippen LogP contribution >= 0.6 is 12.2 Å². The number of likely N-dealkylation sites (N-methyl/N-ethyl adjacent to an activating group) is 1. The molecule has 0 heterocycles. The van der Waals surface area contributed by atoms with E-state index in [-0.39, 0.29) is 0 Å². The zero-order valence-corrected chi connectivity index (χ0v) is 6.15. The van der Waals surface area contributed by atoms with Crippen molar-refractivity contribution in [2.75, 3.05) is 13.1 Å². The van der Waals surface area contributed by atoms with Gasteiger partial charge in [-0.2, -0.15) is 0 Å². The van der Waals surface area contributed by atoms with E-state index in [1.165, 1.54) is 4.90 Å². The van der Waals surface area contributed by atoms with Crippen molar-refractivity contribution in [1.82, 2.24) is 4.90 Å². The van der Waals surface area contributed by atoms with Gasteiger partial charge in [-0.25, -0.2) is 0 Å². The van der Waals surface area contributed by atoms with Crippen molar-refractivity contribution in [3.63, 3.8) is 0 Å². The van der Waals surface area contributed by atoms with Gasteiger partial charge in [0.2, 0.25) is 6.41 Å². The van der Waals surface area contributed by atoms with Crippen molar-refractivity contribution in [3.05, 3.63) is 0 Å². The SMILES string of the molecule is CCN(C=O)CC(N)=S. The molecule has 1 amide bonds. The molecule has 0 aromatic heterocycles. The van der Waals surface area contributed by atoms with E-state index in [9.17, 15) is 4.79 Å². The molecule has 3 nitrogen and oxygen atoms in total. The zero-order valence-electron chi connectivity index (χ0n) is 5.33. The maximum Gasteiger partial charge on any atom is 0.210 e. The van der Waals surface area contributed by atoms with Gasteiger partial charge >= 0.3 is 0 Å². The number of carbonyl (C=O) groups excluding carboxylic acids is 1. The largest absolute Gasteiger partial charge is 0.392 e. The summed E-state index contributed by atoms with van der Waals surface area (Å²) in [6.45, 7) is 2.91. The Morgan fingerprint density at radius 2 is 2.44 bits per heavy atom. The third-order valence-electron chi connectivity index (χ3n) is 0.914. The van der Waals surface area contributed by atoms with Gasteiger partial charge in [0.05, 0.1) is 11.5 Å². The summed E-state index contributed by atoms with van der Waals surface area (Å²) in [6, 6.07) is 0. The fourth-order valence-electron chi connectivity index (χ4n) is 0.424. The fourth-order valence-corrected chi connectivity index (χ4v) is 0.590. The van der Waals surface area contributed by atoms with Crippen molar-refractivity contribution in [1.29, 1.82) is 0 Å². The molecule has 0 atom stereocenters. The molecular weight excluding hydrogens is 136 g/mol. The Balaban J connectivity index is 3.55. The average molecular weight is 146 g/mol. The second-order valence-corrected chi connectivity index (χ2v) is 2.16. The molecular formula is C5H10N2OS. The minimum atomic E-state index is 0.351. The van der Waals surface area contributed by atoms with Gasteiger partial charge in [0.15, 0.2) is 0 Å². The summed E-state index contributed by atoms with van der Waals surface area (Å²) in [4.78, 5) is 11.9. The second kappa shape index (κ2) is 4.26. The summed E-state index contributed by atoms with van der Waals surface area (Å²) < 4.78 is 0. The van der Waals surface area contributed by atoms with Crippen LogP contribution in [-0.2, 0) is 4.79 Å². The van der Waals surface area contributed by atoms with Crippen LogP contribution in [0, 0.1) is 0 Å². The lowest BCUT2D eigenvalue weighted by molar-refractivity contribution is -0.117. The number of hydrogen-bond acceptors (Lipinski definition) is 2. The van der Waals surface area contributed by atoms with Gasteiger partial charge in [-0.05, 0) is 6.92 Å². The van der Waals surface area contributed by atoms with Crippen LogP contribution in [0.3, 0.4) is 0 Å². The minimum absolute atomic E-state index is 0.351. The van der Waals surface area contributed by atoms with Gasteiger partial charge in [0, 0.05) is 6.54 Å². The Labute approximate surface area is 59.8 Å². The first-order valence-corrected chi connectivity index (χ1v) is 3.09. The molecule has 52 valence electrons. The first-order valence-electron chi connectivity index (χ1n) is 2.68. The Morgan fingerprint density at radius 3 is 2.56 bits per heavy atom. The monoisotopic (exact) mass is 146 g/mol. The predicted molar refractivity (Wildman–Crippen MR) is 40.1 cm³/mol. The first-order chi connectivity index (χ1) is 4.20. The molecule has 2 N–H and O–H groups in total. The molecule has 0 aliphatic carbocycles. The van der Waals surface area contributed by atoms with Crippen LogP contribution in [0.15, 0.2) is 0 Å². The highest BCUT2D eigenvalue weighted by molar-refractivity contribution is 7.80. The van der Waals surface area contributed by atoms with E-state index in [4.69, 9.17) is 5.73 Å². The van der Waals surface area contributed by atoms with E-state index < -0.39 is 0 Å². The number of nitrogens with zero attached hydrogens (tertiary/aromatic N) is 1. The van der Waals surface area contributed by atoms with E-state index >= 15 is 0 Å². The molecule has 0 spiro atoms. The fraction of sp³-hybridized carbons (Fsp3) is 0.600. The molecule has 0 rings (SSSR count). The number of rotatable bonds is 4. The molecule has 0 aromatic carbocycles. The van der Waals surface area contributed by atoms with Crippen molar-refractivity contribution in [2.24, 2.45) is 5.73 Å². The Morgan fingerprint density at radius 1 is 1.89 bits per heavy atom. The van der Waals surface area contributed by atoms with Crippen LogP contribution in [0.5, 0.6) is 0 Å². The molecule has 0 saturated heterocycles. The number of carbonyl (C=O) groups is 1. The van der Waals surface area contributed by atoms with Crippen LogP contribution in [0.1, 0.15) is 6.92 Å². The van der Waals surface area contributed by atoms with Gasteiger partial charge in [-0.15, -0.1) is 0 Å². The number of thiocarbonyl (C=S) groups is 1. The molecule has 4 heteroatoms. The summed E-state index contributed by atoms with van der Waals surface area (Å²) in [5.41, 5.74) is 5.18. The van der Waals surface area contributed by atoms with Crippen LogP contribution in [0.2, 0.25) is 0 Å². The number of hydrogen-bond donors (Lipinski definition) is 1. The molecule has 0 radical (unpaired) electrons. The minimum Gasteiger partial charge on any atom is -0.392 e. The van der Waals surface area contributed by atoms with E-state index in [1.54, 1.807) is 0 Å². The lowest BCUT2D eigenvalue weighted by Crippen LogP contribution is -2.31. The summed E-state index contributed by atoms with van der Waals surface area (Å²) >= 11 is 4.58. The Kier molecular flexibility index (Phi) is 3.96. The smallest absolute Gasteiger partial charge is 0.210 e. The Bertz CT molecular complexity index is 116. The highest BCUT2D eigenvalue weighted by atomic mass is 32.1. The maximum absolute atomic E-state index is 10.1. The maximum atomic E-state index is 10.1. The van der Waals surface area contributed by atoms with Crippen molar-refractivity contribution in [2.45, 2.75) is 6.92 Å². The predicted octanol–water partition coefficient (Wildman–Crippen LogP) is -0.249. The van der Waals surface area contributed by atoms with Gasteiger partial charge in [-0.3, -0.25) is 4.79 Å². The van der Waals surface area contributed by atoms with E-state index in [1.807, 2.05) is 6.92 Å². The molecule has 0 aliphatic rings. The molecule has 0 unspecified atom stereocenters. The van der Waals surface area contributed by atoms with E-state index in [2.05, 4.69) is 12.2 Å². The molecule has 0 aromatic rings. The van der Waals surface area contributed by atoms with E-state index in [0.717, 1.165) is 6.41 Å². The molecule has 0 aliphatic heterocycles. The van der Waals surface area contributed by atoms with Crippen molar-refractivity contribution in [3.8, 4) is 0 Å². The third-order valence-corrected chi connectivity index (χ3v) is 1.04. The average Bonchev–Trinajstić information content (AvgIpc) is 1.82. The lowest BCUT2D eigenvalue weighted by atomic mass is 10.5. The Hall–Kier alpha value is -0.640. The topological polar surface area (TPSA) is 46.3 Å². The normalized spacial score (nSPS) is 8.56. The number of amides is 1. The second-order valence-electron chi connectivity index (χ2n) is 1.63. The van der Waals surface area contributed by atoms with Gasteiger partial charge in [-0.1, -0.05) is 12.2 Å².